The normalized spacial score (nSPS) is 17.6. The summed E-state index contributed by atoms with van der Waals surface area (Å²) in [4.78, 5) is 2.48. The van der Waals surface area contributed by atoms with Gasteiger partial charge < -0.3 is 14.8 Å². The van der Waals surface area contributed by atoms with E-state index in [1.165, 1.54) is 12.0 Å². The van der Waals surface area contributed by atoms with Gasteiger partial charge in [-0.2, -0.15) is 0 Å². The highest BCUT2D eigenvalue weighted by molar-refractivity contribution is 5.35. The van der Waals surface area contributed by atoms with E-state index in [1.54, 1.807) is 7.11 Å². The zero-order chi connectivity index (χ0) is 14.9. The van der Waals surface area contributed by atoms with Crippen LogP contribution < -0.4 is 10.1 Å². The average molecular weight is 292 g/mol. The Morgan fingerprint density at radius 1 is 1.29 bits per heavy atom. The molecule has 2 rings (SSSR count). The van der Waals surface area contributed by atoms with Gasteiger partial charge in [-0.1, -0.05) is 25.1 Å². The van der Waals surface area contributed by atoms with Crippen LogP contribution in [0.5, 0.6) is 5.75 Å². The number of methoxy groups -OCH3 is 1. The summed E-state index contributed by atoms with van der Waals surface area (Å²) in [7, 11) is 1.74. The Bertz CT molecular complexity index is 406. The summed E-state index contributed by atoms with van der Waals surface area (Å²) in [6.45, 7) is 8.31. The van der Waals surface area contributed by atoms with Gasteiger partial charge in [-0.25, -0.2) is 0 Å². The minimum atomic E-state index is 0.367. The molecule has 1 unspecified atom stereocenters. The summed E-state index contributed by atoms with van der Waals surface area (Å²) in [5.74, 6) is 0.977. The molecule has 1 saturated heterocycles. The highest BCUT2D eigenvalue weighted by atomic mass is 16.5. The molecule has 4 nitrogen and oxygen atoms in total. The van der Waals surface area contributed by atoms with Crippen LogP contribution in [0.15, 0.2) is 24.3 Å². The van der Waals surface area contributed by atoms with E-state index in [9.17, 15) is 0 Å². The molecular formula is C17H28N2O2. The minimum absolute atomic E-state index is 0.367. The van der Waals surface area contributed by atoms with E-state index in [4.69, 9.17) is 9.47 Å². The van der Waals surface area contributed by atoms with Crippen molar-refractivity contribution in [2.75, 3.05) is 46.5 Å². The summed E-state index contributed by atoms with van der Waals surface area (Å²) in [5, 5.41) is 3.66. The van der Waals surface area contributed by atoms with Gasteiger partial charge in [0.25, 0.3) is 0 Å². The first-order valence-corrected chi connectivity index (χ1v) is 8.01. The number of hydrogen-bond acceptors (Lipinski definition) is 4. The second-order valence-electron chi connectivity index (χ2n) is 5.46. The number of nitrogens with zero attached hydrogens (tertiary/aromatic N) is 1. The molecule has 1 N–H and O–H groups in total. The zero-order valence-electron chi connectivity index (χ0n) is 13.3. The van der Waals surface area contributed by atoms with Crippen LogP contribution in [-0.4, -0.2) is 51.4 Å². The molecule has 0 radical (unpaired) electrons. The molecule has 1 aliphatic rings. The lowest BCUT2D eigenvalue weighted by molar-refractivity contribution is 0.0374. The fourth-order valence-corrected chi connectivity index (χ4v) is 2.83. The molecule has 1 atom stereocenters. The molecule has 1 aliphatic heterocycles. The molecule has 4 heteroatoms. The Hall–Kier alpha value is -1.10. The van der Waals surface area contributed by atoms with Crippen molar-refractivity contribution in [3.63, 3.8) is 0 Å². The minimum Gasteiger partial charge on any atom is -0.496 e. The van der Waals surface area contributed by atoms with Crippen LogP contribution in [-0.2, 0) is 4.74 Å². The molecule has 21 heavy (non-hydrogen) atoms. The van der Waals surface area contributed by atoms with Gasteiger partial charge in [-0.3, -0.25) is 4.90 Å². The van der Waals surface area contributed by atoms with Crippen molar-refractivity contribution in [3.05, 3.63) is 29.8 Å². The van der Waals surface area contributed by atoms with E-state index in [0.717, 1.165) is 51.6 Å². The van der Waals surface area contributed by atoms with Crippen LogP contribution >= 0.6 is 0 Å². The molecule has 0 bridgehead atoms. The third-order valence-corrected chi connectivity index (χ3v) is 4.07. The van der Waals surface area contributed by atoms with Crippen molar-refractivity contribution < 1.29 is 9.47 Å². The van der Waals surface area contributed by atoms with E-state index in [0.29, 0.717) is 6.04 Å². The van der Waals surface area contributed by atoms with Crippen molar-refractivity contribution >= 4 is 0 Å². The predicted octanol–water partition coefficient (Wildman–Crippen LogP) is 2.46. The third kappa shape index (κ3) is 4.99. The topological polar surface area (TPSA) is 33.7 Å². The van der Waals surface area contributed by atoms with E-state index in [2.05, 4.69) is 29.3 Å². The second-order valence-corrected chi connectivity index (χ2v) is 5.46. The highest BCUT2D eigenvalue weighted by Gasteiger charge is 2.14. The largest absolute Gasteiger partial charge is 0.496 e. The Morgan fingerprint density at radius 3 is 2.76 bits per heavy atom. The third-order valence-electron chi connectivity index (χ3n) is 4.07. The quantitative estimate of drug-likeness (QED) is 0.746. The predicted molar refractivity (Wildman–Crippen MR) is 85.9 cm³/mol. The molecule has 0 spiro atoms. The van der Waals surface area contributed by atoms with Crippen LogP contribution in [0.4, 0.5) is 0 Å². The van der Waals surface area contributed by atoms with E-state index >= 15 is 0 Å². The Labute approximate surface area is 128 Å². The first-order chi connectivity index (χ1) is 10.3. The zero-order valence-corrected chi connectivity index (χ0v) is 13.3. The fraction of sp³-hybridized carbons (Fsp3) is 0.647. The first-order valence-electron chi connectivity index (χ1n) is 8.01. The Balaban J connectivity index is 1.76. The molecule has 0 saturated carbocycles. The van der Waals surface area contributed by atoms with Crippen molar-refractivity contribution in [3.8, 4) is 5.75 Å². The van der Waals surface area contributed by atoms with Gasteiger partial charge in [0.1, 0.15) is 5.75 Å². The van der Waals surface area contributed by atoms with Crippen LogP contribution in [0.3, 0.4) is 0 Å². The monoisotopic (exact) mass is 292 g/mol. The number of rotatable bonds is 8. The highest BCUT2D eigenvalue weighted by Crippen LogP contribution is 2.26. The molecule has 1 heterocycles. The number of ether oxygens (including phenoxy) is 2. The van der Waals surface area contributed by atoms with Gasteiger partial charge in [0, 0.05) is 24.7 Å². The summed E-state index contributed by atoms with van der Waals surface area (Å²) in [6, 6.07) is 8.66. The Morgan fingerprint density at radius 2 is 2.05 bits per heavy atom. The van der Waals surface area contributed by atoms with Crippen LogP contribution in [0, 0.1) is 0 Å². The van der Waals surface area contributed by atoms with Crippen molar-refractivity contribution in [2.45, 2.75) is 25.8 Å². The van der Waals surface area contributed by atoms with E-state index in [1.807, 2.05) is 12.1 Å². The average Bonchev–Trinajstić information content (AvgIpc) is 2.56. The van der Waals surface area contributed by atoms with E-state index in [-0.39, 0.29) is 0 Å². The smallest absolute Gasteiger partial charge is 0.123 e. The summed E-state index contributed by atoms with van der Waals surface area (Å²) in [6.07, 6.45) is 2.24. The van der Waals surface area contributed by atoms with E-state index < -0.39 is 0 Å². The first kappa shape index (κ1) is 16.3. The number of hydrogen-bond donors (Lipinski definition) is 1. The lowest BCUT2D eigenvalue weighted by Gasteiger charge is -2.27. The number of para-hydroxylation sites is 1. The van der Waals surface area contributed by atoms with Gasteiger partial charge in [-0.05, 0) is 32.0 Å². The van der Waals surface area contributed by atoms with Crippen molar-refractivity contribution in [1.82, 2.24) is 10.2 Å². The molecule has 1 aromatic rings. The number of morpholine rings is 1. The molecule has 118 valence electrons. The molecule has 1 fully saturated rings. The lowest BCUT2D eigenvalue weighted by atomic mass is 10.0. The molecule has 1 aromatic carbocycles. The van der Waals surface area contributed by atoms with Crippen LogP contribution in [0.25, 0.3) is 0 Å². The lowest BCUT2D eigenvalue weighted by Crippen LogP contribution is -2.38. The maximum absolute atomic E-state index is 5.47. The standard InChI is InChI=1S/C17H28N2O2/c1-3-16(15-7-4-5-8-17(15)20-2)18-9-6-10-19-11-13-21-14-12-19/h4-5,7-8,16,18H,3,6,9-14H2,1-2H3. The molecule has 0 amide bonds. The fourth-order valence-electron chi connectivity index (χ4n) is 2.83. The van der Waals surface area contributed by atoms with Gasteiger partial charge in [0.15, 0.2) is 0 Å². The maximum Gasteiger partial charge on any atom is 0.123 e. The van der Waals surface area contributed by atoms with Crippen molar-refractivity contribution in [2.24, 2.45) is 0 Å². The molecular weight excluding hydrogens is 264 g/mol. The van der Waals surface area contributed by atoms with Gasteiger partial charge >= 0.3 is 0 Å². The summed E-state index contributed by atoms with van der Waals surface area (Å²) < 4.78 is 10.8. The maximum atomic E-state index is 5.47. The van der Waals surface area contributed by atoms with Crippen molar-refractivity contribution in [1.29, 1.82) is 0 Å². The second kappa shape index (κ2) is 9.03. The van der Waals surface area contributed by atoms with Crippen LogP contribution in [0.2, 0.25) is 0 Å². The van der Waals surface area contributed by atoms with Crippen LogP contribution in [0.1, 0.15) is 31.4 Å². The van der Waals surface area contributed by atoms with Gasteiger partial charge in [0.2, 0.25) is 0 Å². The Kier molecular flexibility index (Phi) is 7.00. The van der Waals surface area contributed by atoms with Gasteiger partial charge in [0.05, 0.1) is 20.3 Å². The molecule has 0 aromatic heterocycles. The summed E-state index contributed by atoms with van der Waals surface area (Å²) in [5.41, 5.74) is 1.26. The molecule has 0 aliphatic carbocycles. The number of nitrogens with one attached hydrogen (secondary N) is 1. The SMILES string of the molecule is CCC(NCCCN1CCOCC1)c1ccccc1OC. The number of benzene rings is 1. The summed E-state index contributed by atoms with van der Waals surface area (Å²) >= 11 is 0. The van der Waals surface area contributed by atoms with Gasteiger partial charge in [-0.15, -0.1) is 0 Å².